The van der Waals surface area contributed by atoms with Gasteiger partial charge in [-0.05, 0) is 26.0 Å². The number of pyridine rings is 1. The molecule has 9 nitrogen and oxygen atoms in total. The number of anilines is 2. The minimum Gasteiger partial charge on any atom is -0.384 e. The Morgan fingerprint density at radius 1 is 0.968 bits per heavy atom. The summed E-state index contributed by atoms with van der Waals surface area (Å²) in [4.78, 5) is 22.3. The molecule has 9 heteroatoms. The molecular weight excluding hydrogens is 392 g/mol. The number of aryl methyl sites for hydroxylation is 1. The van der Waals surface area contributed by atoms with Gasteiger partial charge in [0.1, 0.15) is 18.0 Å². The molecule has 158 valence electrons. The van der Waals surface area contributed by atoms with E-state index >= 15 is 0 Å². The molecular formula is C22H24N8O. The van der Waals surface area contributed by atoms with E-state index in [9.17, 15) is 0 Å². The molecule has 0 aliphatic carbocycles. The summed E-state index contributed by atoms with van der Waals surface area (Å²) in [5.74, 6) is 2.61. The summed E-state index contributed by atoms with van der Waals surface area (Å²) in [6.45, 7) is 7.55. The zero-order valence-electron chi connectivity index (χ0n) is 17.6. The first-order valence-corrected chi connectivity index (χ1v) is 10.4. The highest BCUT2D eigenvalue weighted by Crippen LogP contribution is 2.27. The molecule has 1 aromatic carbocycles. The summed E-state index contributed by atoms with van der Waals surface area (Å²) < 4.78 is 5.59. The monoisotopic (exact) mass is 416 g/mol. The largest absolute Gasteiger partial charge is 0.384 e. The van der Waals surface area contributed by atoms with Gasteiger partial charge in [0.15, 0.2) is 5.65 Å². The second-order valence-electron chi connectivity index (χ2n) is 7.83. The first kappa shape index (κ1) is 19.4. The number of aromatic nitrogens is 5. The molecule has 1 fully saturated rings. The Kier molecular flexibility index (Phi) is 4.95. The summed E-state index contributed by atoms with van der Waals surface area (Å²) >= 11 is 0. The number of nitrogen functional groups attached to an aromatic ring is 1. The number of fused-ring (bicyclic) bond motifs is 1. The Bertz CT molecular complexity index is 1200. The van der Waals surface area contributed by atoms with Gasteiger partial charge in [0.05, 0.1) is 11.4 Å². The lowest BCUT2D eigenvalue weighted by molar-refractivity contribution is 0.164. The smallest absolute Gasteiger partial charge is 0.244 e. The molecule has 31 heavy (non-hydrogen) atoms. The SMILES string of the molecule is Cc1ccc(-c2noc(C(C)N3CCN(c4ncnc5nc(N)ccc45)CC3)n2)cc1. The lowest BCUT2D eigenvalue weighted by Gasteiger charge is -2.37. The second kappa shape index (κ2) is 7.92. The van der Waals surface area contributed by atoms with E-state index in [0.29, 0.717) is 23.2 Å². The number of hydrogen-bond acceptors (Lipinski definition) is 9. The molecule has 1 aliphatic heterocycles. The third-order valence-electron chi connectivity index (χ3n) is 5.77. The van der Waals surface area contributed by atoms with Crippen LogP contribution in [-0.2, 0) is 0 Å². The van der Waals surface area contributed by atoms with Gasteiger partial charge in [0.25, 0.3) is 0 Å². The Balaban J connectivity index is 1.28. The van der Waals surface area contributed by atoms with Crippen LogP contribution in [0, 0.1) is 6.92 Å². The van der Waals surface area contributed by atoms with Gasteiger partial charge in [-0.3, -0.25) is 4.90 Å². The Hall–Kier alpha value is -3.59. The molecule has 4 aromatic rings. The van der Waals surface area contributed by atoms with Gasteiger partial charge in [0, 0.05) is 31.7 Å². The van der Waals surface area contributed by atoms with E-state index in [1.54, 1.807) is 12.4 Å². The minimum atomic E-state index is 0.0393. The van der Waals surface area contributed by atoms with Crippen LogP contribution in [0.4, 0.5) is 11.6 Å². The molecule has 0 saturated carbocycles. The molecule has 0 spiro atoms. The molecule has 3 aromatic heterocycles. The van der Waals surface area contributed by atoms with Crippen LogP contribution in [0.1, 0.15) is 24.4 Å². The fourth-order valence-electron chi connectivity index (χ4n) is 3.90. The Morgan fingerprint density at radius 2 is 1.74 bits per heavy atom. The number of nitrogens with zero attached hydrogens (tertiary/aromatic N) is 7. The maximum absolute atomic E-state index is 5.79. The van der Waals surface area contributed by atoms with Crippen molar-refractivity contribution in [1.29, 1.82) is 0 Å². The van der Waals surface area contributed by atoms with Crippen LogP contribution in [-0.4, -0.2) is 56.2 Å². The Morgan fingerprint density at radius 3 is 2.52 bits per heavy atom. The van der Waals surface area contributed by atoms with Crippen LogP contribution in [0.25, 0.3) is 22.4 Å². The summed E-state index contributed by atoms with van der Waals surface area (Å²) in [6.07, 6.45) is 1.55. The van der Waals surface area contributed by atoms with Crippen molar-refractivity contribution in [3.63, 3.8) is 0 Å². The van der Waals surface area contributed by atoms with E-state index in [1.165, 1.54) is 5.56 Å². The van der Waals surface area contributed by atoms with Gasteiger partial charge in [-0.25, -0.2) is 15.0 Å². The zero-order chi connectivity index (χ0) is 21.4. The molecule has 0 bridgehead atoms. The van der Waals surface area contributed by atoms with Crippen molar-refractivity contribution >= 4 is 22.7 Å². The van der Waals surface area contributed by atoms with Crippen LogP contribution in [0.15, 0.2) is 47.2 Å². The summed E-state index contributed by atoms with van der Waals surface area (Å²) in [7, 11) is 0. The number of nitrogens with two attached hydrogens (primary N) is 1. The fraction of sp³-hybridized carbons (Fsp3) is 0.318. The van der Waals surface area contributed by atoms with E-state index < -0.39 is 0 Å². The fourth-order valence-corrected chi connectivity index (χ4v) is 3.90. The maximum atomic E-state index is 5.79. The molecule has 1 aliphatic rings. The molecule has 1 saturated heterocycles. The van der Waals surface area contributed by atoms with Gasteiger partial charge in [-0.2, -0.15) is 4.98 Å². The first-order valence-electron chi connectivity index (χ1n) is 10.4. The average Bonchev–Trinajstić information content (AvgIpc) is 3.29. The molecule has 1 atom stereocenters. The standard InChI is InChI=1S/C22H24N8O/c1-14-3-5-16(6-4-14)19-27-22(31-28-19)15(2)29-9-11-30(12-10-29)21-17-7-8-18(23)26-20(17)24-13-25-21/h3-8,13,15H,9-12H2,1-2H3,(H2,23,24,25,26). The van der Waals surface area contributed by atoms with Crippen LogP contribution in [0.5, 0.6) is 0 Å². The molecule has 4 heterocycles. The lowest BCUT2D eigenvalue weighted by Crippen LogP contribution is -2.47. The summed E-state index contributed by atoms with van der Waals surface area (Å²) in [5, 5.41) is 5.09. The molecule has 0 amide bonds. The number of piperazine rings is 1. The van der Waals surface area contributed by atoms with E-state index in [0.717, 1.165) is 42.9 Å². The summed E-state index contributed by atoms with van der Waals surface area (Å²) in [6, 6.07) is 11.9. The highest BCUT2D eigenvalue weighted by Gasteiger charge is 2.27. The molecule has 0 radical (unpaired) electrons. The van der Waals surface area contributed by atoms with Crippen molar-refractivity contribution < 1.29 is 4.52 Å². The van der Waals surface area contributed by atoms with E-state index in [-0.39, 0.29) is 6.04 Å². The Labute approximate surface area is 179 Å². The normalized spacial score (nSPS) is 16.0. The van der Waals surface area contributed by atoms with Crippen molar-refractivity contribution in [3.05, 3.63) is 54.2 Å². The second-order valence-corrected chi connectivity index (χ2v) is 7.83. The quantitative estimate of drug-likeness (QED) is 0.537. The van der Waals surface area contributed by atoms with E-state index in [2.05, 4.69) is 60.9 Å². The van der Waals surface area contributed by atoms with Gasteiger partial charge >= 0.3 is 0 Å². The van der Waals surface area contributed by atoms with Gasteiger partial charge in [-0.1, -0.05) is 35.0 Å². The third kappa shape index (κ3) is 3.79. The minimum absolute atomic E-state index is 0.0393. The maximum Gasteiger partial charge on any atom is 0.244 e. The van der Waals surface area contributed by atoms with Crippen molar-refractivity contribution in [2.45, 2.75) is 19.9 Å². The van der Waals surface area contributed by atoms with Gasteiger partial charge in [-0.15, -0.1) is 0 Å². The highest BCUT2D eigenvalue weighted by atomic mass is 16.5. The first-order chi connectivity index (χ1) is 15.1. The highest BCUT2D eigenvalue weighted by molar-refractivity contribution is 5.87. The van der Waals surface area contributed by atoms with Crippen molar-refractivity contribution in [2.75, 3.05) is 36.8 Å². The zero-order valence-corrected chi connectivity index (χ0v) is 17.6. The molecule has 1 unspecified atom stereocenters. The van der Waals surface area contributed by atoms with Crippen molar-refractivity contribution in [3.8, 4) is 11.4 Å². The number of benzene rings is 1. The number of hydrogen-bond donors (Lipinski definition) is 1. The molecule has 5 rings (SSSR count). The predicted octanol–water partition coefficient (Wildman–Crippen LogP) is 2.85. The van der Waals surface area contributed by atoms with Gasteiger partial charge < -0.3 is 15.2 Å². The molecule has 2 N–H and O–H groups in total. The van der Waals surface area contributed by atoms with E-state index in [4.69, 9.17) is 10.3 Å². The third-order valence-corrected chi connectivity index (χ3v) is 5.77. The van der Waals surface area contributed by atoms with Crippen LogP contribution >= 0.6 is 0 Å². The van der Waals surface area contributed by atoms with Crippen molar-refractivity contribution in [2.24, 2.45) is 0 Å². The lowest BCUT2D eigenvalue weighted by atomic mass is 10.1. The average molecular weight is 416 g/mol. The van der Waals surface area contributed by atoms with Crippen LogP contribution < -0.4 is 10.6 Å². The van der Waals surface area contributed by atoms with E-state index in [1.807, 2.05) is 18.2 Å². The van der Waals surface area contributed by atoms with Crippen molar-refractivity contribution in [1.82, 2.24) is 30.0 Å². The summed E-state index contributed by atoms with van der Waals surface area (Å²) in [5.41, 5.74) is 8.58. The van der Waals surface area contributed by atoms with Crippen LogP contribution in [0.2, 0.25) is 0 Å². The van der Waals surface area contributed by atoms with Gasteiger partial charge in [0.2, 0.25) is 11.7 Å². The van der Waals surface area contributed by atoms with Crippen LogP contribution in [0.3, 0.4) is 0 Å². The topological polar surface area (TPSA) is 110 Å². The predicted molar refractivity (Wildman–Crippen MR) is 118 cm³/mol. The number of rotatable bonds is 4.